The van der Waals surface area contributed by atoms with Crippen molar-refractivity contribution >= 4 is 39.5 Å². The number of ether oxygens (including phenoxy) is 1. The predicted octanol–water partition coefficient (Wildman–Crippen LogP) is 2.87. The second-order valence-corrected chi connectivity index (χ2v) is 8.85. The smallest absolute Gasteiger partial charge is 0.306 e. The van der Waals surface area contributed by atoms with Gasteiger partial charge >= 0.3 is 5.97 Å². The van der Waals surface area contributed by atoms with Gasteiger partial charge in [-0.05, 0) is 56.0 Å². The molecule has 2 heterocycles. The van der Waals surface area contributed by atoms with E-state index in [1.54, 1.807) is 42.7 Å². The van der Waals surface area contributed by atoms with E-state index in [9.17, 15) is 14.4 Å². The van der Waals surface area contributed by atoms with Crippen LogP contribution < -0.4 is 15.4 Å². The van der Waals surface area contributed by atoms with Crippen LogP contribution in [0.1, 0.15) is 45.7 Å². The molecule has 0 unspecified atom stereocenters. The fourth-order valence-corrected chi connectivity index (χ4v) is 4.60. The Morgan fingerprint density at radius 2 is 1.64 bits per heavy atom. The maximum absolute atomic E-state index is 12.3. The van der Waals surface area contributed by atoms with Crippen molar-refractivity contribution in [2.75, 3.05) is 13.1 Å². The van der Waals surface area contributed by atoms with Crippen LogP contribution in [-0.4, -0.2) is 52.1 Å². The summed E-state index contributed by atoms with van der Waals surface area (Å²) in [4.78, 5) is 45.2. The molecule has 1 fully saturated rings. The molecule has 2 aromatic heterocycles. The number of rotatable bonds is 8. The van der Waals surface area contributed by atoms with E-state index in [-0.39, 0.29) is 30.4 Å². The SMILES string of the molecule is O=C(NCCNC(=O)c1cc2nccnc2s1)c1ccc(OC2CCC(C(=O)O)CC2)cc1. The van der Waals surface area contributed by atoms with Gasteiger partial charge in [0.15, 0.2) is 0 Å². The number of benzene rings is 1. The number of carboxylic acid groups (broad SMARTS) is 1. The first-order chi connectivity index (χ1) is 16.0. The number of aromatic nitrogens is 2. The summed E-state index contributed by atoms with van der Waals surface area (Å²) >= 11 is 1.27. The molecule has 10 heteroatoms. The van der Waals surface area contributed by atoms with Crippen LogP contribution in [0.4, 0.5) is 0 Å². The minimum absolute atomic E-state index is 0.00334. The molecule has 1 aliphatic carbocycles. The molecule has 1 aromatic carbocycles. The highest BCUT2D eigenvalue weighted by Gasteiger charge is 2.26. The van der Waals surface area contributed by atoms with Crippen LogP contribution >= 0.6 is 11.3 Å². The Kier molecular flexibility index (Phi) is 7.13. The molecule has 0 atom stereocenters. The van der Waals surface area contributed by atoms with E-state index in [0.717, 1.165) is 0 Å². The van der Waals surface area contributed by atoms with Crippen molar-refractivity contribution in [1.29, 1.82) is 0 Å². The van der Waals surface area contributed by atoms with Crippen molar-refractivity contribution in [3.63, 3.8) is 0 Å². The first-order valence-electron chi connectivity index (χ1n) is 10.8. The van der Waals surface area contributed by atoms with Crippen molar-refractivity contribution in [3.05, 3.63) is 53.2 Å². The number of hydrogen-bond acceptors (Lipinski definition) is 7. The summed E-state index contributed by atoms with van der Waals surface area (Å²) in [6.07, 6.45) is 5.81. The van der Waals surface area contributed by atoms with Gasteiger partial charge in [0.25, 0.3) is 11.8 Å². The fraction of sp³-hybridized carbons (Fsp3) is 0.348. The Balaban J connectivity index is 1.19. The Morgan fingerprint density at radius 3 is 2.30 bits per heavy atom. The summed E-state index contributed by atoms with van der Waals surface area (Å²) in [7, 11) is 0. The van der Waals surface area contributed by atoms with Crippen LogP contribution in [-0.2, 0) is 4.79 Å². The highest BCUT2D eigenvalue weighted by atomic mass is 32.1. The summed E-state index contributed by atoms with van der Waals surface area (Å²) in [6, 6.07) is 8.54. The van der Waals surface area contributed by atoms with Crippen molar-refractivity contribution in [2.24, 2.45) is 5.92 Å². The second-order valence-electron chi connectivity index (χ2n) is 7.82. The lowest BCUT2D eigenvalue weighted by Crippen LogP contribution is -2.34. The number of hydrogen-bond donors (Lipinski definition) is 3. The van der Waals surface area contributed by atoms with E-state index in [1.807, 2.05) is 0 Å². The summed E-state index contributed by atoms with van der Waals surface area (Å²) in [5, 5.41) is 14.6. The maximum atomic E-state index is 12.3. The van der Waals surface area contributed by atoms with Crippen LogP contribution in [0.15, 0.2) is 42.7 Å². The Bertz CT molecular complexity index is 1110. The van der Waals surface area contributed by atoms with E-state index < -0.39 is 5.97 Å². The largest absolute Gasteiger partial charge is 0.490 e. The van der Waals surface area contributed by atoms with Gasteiger partial charge < -0.3 is 20.5 Å². The molecule has 9 nitrogen and oxygen atoms in total. The molecule has 172 valence electrons. The van der Waals surface area contributed by atoms with E-state index in [0.29, 0.717) is 58.8 Å². The fourth-order valence-electron chi connectivity index (χ4n) is 3.73. The monoisotopic (exact) mass is 468 g/mol. The first kappa shape index (κ1) is 22.7. The van der Waals surface area contributed by atoms with Gasteiger partial charge in [0.1, 0.15) is 16.1 Å². The number of fused-ring (bicyclic) bond motifs is 1. The molecule has 0 aliphatic heterocycles. The number of amides is 2. The molecule has 0 bridgehead atoms. The van der Waals surface area contributed by atoms with Gasteiger partial charge in [0.05, 0.1) is 16.9 Å². The lowest BCUT2D eigenvalue weighted by molar-refractivity contribution is -0.143. The number of aliphatic carboxylic acids is 1. The number of thiophene rings is 1. The quantitative estimate of drug-likeness (QED) is 0.433. The Labute approximate surface area is 194 Å². The number of carbonyl (C=O) groups excluding carboxylic acids is 2. The van der Waals surface area contributed by atoms with Gasteiger partial charge in [-0.25, -0.2) is 4.98 Å². The molecule has 1 aliphatic rings. The van der Waals surface area contributed by atoms with E-state index >= 15 is 0 Å². The van der Waals surface area contributed by atoms with Gasteiger partial charge in [-0.3, -0.25) is 19.4 Å². The zero-order chi connectivity index (χ0) is 23.2. The topological polar surface area (TPSA) is 131 Å². The molecule has 0 radical (unpaired) electrons. The summed E-state index contributed by atoms with van der Waals surface area (Å²) in [5.41, 5.74) is 1.17. The van der Waals surface area contributed by atoms with Crippen molar-refractivity contribution in [3.8, 4) is 5.75 Å². The minimum Gasteiger partial charge on any atom is -0.490 e. The van der Waals surface area contributed by atoms with Gasteiger partial charge in [0, 0.05) is 31.0 Å². The number of carbonyl (C=O) groups is 3. The van der Waals surface area contributed by atoms with Crippen molar-refractivity contribution in [2.45, 2.75) is 31.8 Å². The van der Waals surface area contributed by atoms with Crippen LogP contribution in [0.3, 0.4) is 0 Å². The molecule has 3 aromatic rings. The van der Waals surface area contributed by atoms with Gasteiger partial charge in [0.2, 0.25) is 0 Å². The van der Waals surface area contributed by atoms with E-state index in [4.69, 9.17) is 9.84 Å². The average Bonchev–Trinajstić information content (AvgIpc) is 3.27. The normalized spacial score (nSPS) is 17.9. The third kappa shape index (κ3) is 5.83. The zero-order valence-corrected chi connectivity index (χ0v) is 18.6. The molecule has 33 heavy (non-hydrogen) atoms. The second kappa shape index (κ2) is 10.4. The number of nitrogens with zero attached hydrogens (tertiary/aromatic N) is 2. The van der Waals surface area contributed by atoms with Crippen LogP contribution in [0.2, 0.25) is 0 Å². The highest BCUT2D eigenvalue weighted by Crippen LogP contribution is 2.28. The average molecular weight is 469 g/mol. The minimum atomic E-state index is -0.738. The molecule has 2 amide bonds. The lowest BCUT2D eigenvalue weighted by Gasteiger charge is -2.26. The Morgan fingerprint density at radius 1 is 0.970 bits per heavy atom. The third-order valence-electron chi connectivity index (χ3n) is 5.53. The molecule has 3 N–H and O–H groups in total. The predicted molar refractivity (Wildman–Crippen MR) is 123 cm³/mol. The van der Waals surface area contributed by atoms with Gasteiger partial charge in [-0.2, -0.15) is 0 Å². The van der Waals surface area contributed by atoms with Crippen molar-refractivity contribution < 1.29 is 24.2 Å². The number of carboxylic acids is 1. The lowest BCUT2D eigenvalue weighted by atomic mass is 9.87. The molecule has 0 spiro atoms. The van der Waals surface area contributed by atoms with Crippen molar-refractivity contribution in [1.82, 2.24) is 20.6 Å². The Hall–Kier alpha value is -3.53. The first-order valence-corrected chi connectivity index (χ1v) is 11.6. The highest BCUT2D eigenvalue weighted by molar-refractivity contribution is 7.20. The standard InChI is InChI=1S/C23H24N4O5S/c28-20(25-10-11-26-21(29)19-13-18-22(33-19)27-12-9-24-18)14-1-5-16(6-2-14)32-17-7-3-15(4-8-17)23(30)31/h1-2,5-6,9,12-13,15,17H,3-4,7-8,10-11H2,(H,25,28)(H,26,29)(H,30,31). The van der Waals surface area contributed by atoms with Crippen LogP contribution in [0.25, 0.3) is 10.3 Å². The van der Waals surface area contributed by atoms with E-state index in [2.05, 4.69) is 20.6 Å². The van der Waals surface area contributed by atoms with E-state index in [1.165, 1.54) is 11.3 Å². The van der Waals surface area contributed by atoms with Crippen LogP contribution in [0, 0.1) is 5.92 Å². The number of nitrogens with one attached hydrogen (secondary N) is 2. The zero-order valence-electron chi connectivity index (χ0n) is 17.8. The van der Waals surface area contributed by atoms with Gasteiger partial charge in [-0.15, -0.1) is 11.3 Å². The van der Waals surface area contributed by atoms with Gasteiger partial charge in [-0.1, -0.05) is 0 Å². The summed E-state index contributed by atoms with van der Waals surface area (Å²) in [6.45, 7) is 0.580. The maximum Gasteiger partial charge on any atom is 0.306 e. The summed E-state index contributed by atoms with van der Waals surface area (Å²) < 4.78 is 5.93. The summed E-state index contributed by atoms with van der Waals surface area (Å²) in [5.74, 6) is -0.830. The molecule has 1 saturated carbocycles. The molecule has 0 saturated heterocycles. The third-order valence-corrected chi connectivity index (χ3v) is 6.56. The molecular formula is C23H24N4O5S. The molecule has 4 rings (SSSR count). The molecular weight excluding hydrogens is 444 g/mol. The van der Waals surface area contributed by atoms with Crippen LogP contribution in [0.5, 0.6) is 5.75 Å².